The van der Waals surface area contributed by atoms with Gasteiger partial charge in [-0.05, 0) is 19.0 Å². The van der Waals surface area contributed by atoms with Crippen LogP contribution in [-0.4, -0.2) is 27.3 Å². The lowest BCUT2D eigenvalue weighted by Gasteiger charge is -2.17. The molecule has 0 amide bonds. The molecule has 0 radical (unpaired) electrons. The molecule has 3 nitrogen and oxygen atoms in total. The molecule has 0 saturated carbocycles. The van der Waals surface area contributed by atoms with E-state index in [0.29, 0.717) is 11.3 Å². The standard InChI is InChI=1S/C12H15F2NO2/c1-16-11-8(7-3-4-15-6-7)5-9(13)10(14)12(11)17-2/h5,7,15H,3-4,6H2,1-2H3. The normalized spacial score (nSPS) is 19.4. The Morgan fingerprint density at radius 3 is 2.47 bits per heavy atom. The van der Waals surface area contributed by atoms with Crippen molar-refractivity contribution < 1.29 is 18.3 Å². The minimum Gasteiger partial charge on any atom is -0.492 e. The molecule has 1 heterocycles. The van der Waals surface area contributed by atoms with Crippen LogP contribution in [-0.2, 0) is 0 Å². The Balaban J connectivity index is 2.53. The topological polar surface area (TPSA) is 30.5 Å². The highest BCUT2D eigenvalue weighted by Crippen LogP contribution is 2.40. The molecule has 1 aliphatic heterocycles. The summed E-state index contributed by atoms with van der Waals surface area (Å²) in [6, 6.07) is 1.20. The Labute approximate surface area is 98.7 Å². The number of rotatable bonds is 3. The van der Waals surface area contributed by atoms with Gasteiger partial charge in [0.05, 0.1) is 14.2 Å². The van der Waals surface area contributed by atoms with Gasteiger partial charge in [0.2, 0.25) is 5.82 Å². The van der Waals surface area contributed by atoms with Crippen molar-refractivity contribution in [3.63, 3.8) is 0 Å². The van der Waals surface area contributed by atoms with Crippen LogP contribution < -0.4 is 14.8 Å². The molecule has 1 aromatic rings. The van der Waals surface area contributed by atoms with E-state index < -0.39 is 11.6 Å². The average Bonchev–Trinajstić information content (AvgIpc) is 2.85. The Hall–Kier alpha value is -1.36. The van der Waals surface area contributed by atoms with Crippen LogP contribution in [0.25, 0.3) is 0 Å². The van der Waals surface area contributed by atoms with Gasteiger partial charge in [0.25, 0.3) is 0 Å². The van der Waals surface area contributed by atoms with Gasteiger partial charge in [0, 0.05) is 18.0 Å². The minimum absolute atomic E-state index is 0.133. The summed E-state index contributed by atoms with van der Waals surface area (Å²) in [5.74, 6) is -1.63. The zero-order valence-electron chi connectivity index (χ0n) is 9.85. The highest BCUT2D eigenvalue weighted by molar-refractivity contribution is 5.50. The van der Waals surface area contributed by atoms with E-state index in [1.165, 1.54) is 20.3 Å². The maximum Gasteiger partial charge on any atom is 0.204 e. The lowest BCUT2D eigenvalue weighted by atomic mass is 9.96. The van der Waals surface area contributed by atoms with Crippen molar-refractivity contribution in [1.29, 1.82) is 0 Å². The van der Waals surface area contributed by atoms with Crippen LogP contribution in [0.2, 0.25) is 0 Å². The van der Waals surface area contributed by atoms with E-state index in [0.717, 1.165) is 19.5 Å². The summed E-state index contributed by atoms with van der Waals surface area (Å²) in [6.07, 6.45) is 0.880. The fourth-order valence-electron chi connectivity index (χ4n) is 2.22. The summed E-state index contributed by atoms with van der Waals surface area (Å²) in [4.78, 5) is 0. The van der Waals surface area contributed by atoms with E-state index in [2.05, 4.69) is 5.32 Å². The molecule has 2 rings (SSSR count). The predicted octanol–water partition coefficient (Wildman–Crippen LogP) is 2.06. The van der Waals surface area contributed by atoms with Crippen molar-refractivity contribution in [2.24, 2.45) is 0 Å². The van der Waals surface area contributed by atoms with Gasteiger partial charge in [0.1, 0.15) is 0 Å². The molecule has 1 fully saturated rings. The first-order chi connectivity index (χ1) is 8.19. The second-order valence-electron chi connectivity index (χ2n) is 4.02. The molecule has 0 spiro atoms. The van der Waals surface area contributed by atoms with E-state index in [-0.39, 0.29) is 11.7 Å². The Kier molecular flexibility index (Phi) is 3.47. The number of halogens is 2. The second-order valence-corrected chi connectivity index (χ2v) is 4.02. The highest BCUT2D eigenvalue weighted by atomic mass is 19.2. The Morgan fingerprint density at radius 2 is 1.94 bits per heavy atom. The maximum atomic E-state index is 13.5. The van der Waals surface area contributed by atoms with E-state index in [1.54, 1.807) is 0 Å². The van der Waals surface area contributed by atoms with Crippen molar-refractivity contribution in [2.75, 3.05) is 27.3 Å². The number of hydrogen-bond donors (Lipinski definition) is 1. The molecule has 1 aliphatic rings. The third-order valence-electron chi connectivity index (χ3n) is 3.07. The first kappa shape index (κ1) is 12.1. The van der Waals surface area contributed by atoms with Crippen molar-refractivity contribution in [3.8, 4) is 11.5 Å². The molecule has 0 bridgehead atoms. The van der Waals surface area contributed by atoms with Gasteiger partial charge < -0.3 is 14.8 Å². The largest absolute Gasteiger partial charge is 0.492 e. The molecular formula is C12H15F2NO2. The third-order valence-corrected chi connectivity index (χ3v) is 3.07. The summed E-state index contributed by atoms with van der Waals surface area (Å²) in [7, 11) is 2.73. The molecule has 94 valence electrons. The molecule has 0 aliphatic carbocycles. The minimum atomic E-state index is -1.00. The van der Waals surface area contributed by atoms with Crippen molar-refractivity contribution in [2.45, 2.75) is 12.3 Å². The molecule has 0 aromatic heterocycles. The molecule has 1 saturated heterocycles. The predicted molar refractivity (Wildman–Crippen MR) is 59.7 cm³/mol. The first-order valence-electron chi connectivity index (χ1n) is 5.49. The number of ether oxygens (including phenoxy) is 2. The van der Waals surface area contributed by atoms with Crippen LogP contribution in [0.1, 0.15) is 17.9 Å². The summed E-state index contributed by atoms with van der Waals surface area (Å²) in [6.45, 7) is 1.61. The van der Waals surface area contributed by atoms with Gasteiger partial charge in [-0.15, -0.1) is 0 Å². The fourth-order valence-corrected chi connectivity index (χ4v) is 2.22. The fraction of sp³-hybridized carbons (Fsp3) is 0.500. The highest BCUT2D eigenvalue weighted by Gasteiger charge is 2.26. The van der Waals surface area contributed by atoms with Gasteiger partial charge in [0.15, 0.2) is 17.3 Å². The number of hydrogen-bond acceptors (Lipinski definition) is 3. The molecule has 5 heteroatoms. The molecule has 1 aromatic carbocycles. The molecule has 1 N–H and O–H groups in total. The van der Waals surface area contributed by atoms with Crippen LogP contribution in [0.4, 0.5) is 8.78 Å². The number of benzene rings is 1. The second kappa shape index (κ2) is 4.87. The average molecular weight is 243 g/mol. The van der Waals surface area contributed by atoms with Gasteiger partial charge in [-0.2, -0.15) is 4.39 Å². The lowest BCUT2D eigenvalue weighted by molar-refractivity contribution is 0.323. The maximum absolute atomic E-state index is 13.5. The summed E-state index contributed by atoms with van der Waals surface area (Å²) in [5.41, 5.74) is 0.660. The van der Waals surface area contributed by atoms with E-state index >= 15 is 0 Å². The quantitative estimate of drug-likeness (QED) is 0.881. The van der Waals surface area contributed by atoms with Gasteiger partial charge >= 0.3 is 0 Å². The van der Waals surface area contributed by atoms with E-state index in [1.807, 2.05) is 0 Å². The van der Waals surface area contributed by atoms with Crippen molar-refractivity contribution in [1.82, 2.24) is 5.32 Å². The Bertz CT molecular complexity index is 417. The van der Waals surface area contributed by atoms with E-state index in [4.69, 9.17) is 9.47 Å². The summed E-state index contributed by atoms with van der Waals surface area (Å²) < 4.78 is 37.0. The van der Waals surface area contributed by atoms with Gasteiger partial charge in [-0.25, -0.2) is 4.39 Å². The number of methoxy groups -OCH3 is 2. The number of nitrogens with one attached hydrogen (secondary N) is 1. The first-order valence-corrected chi connectivity index (χ1v) is 5.49. The molecule has 1 atom stereocenters. The summed E-state index contributed by atoms with van der Waals surface area (Å²) in [5, 5.41) is 3.18. The van der Waals surface area contributed by atoms with Crippen molar-refractivity contribution >= 4 is 0 Å². The smallest absolute Gasteiger partial charge is 0.204 e. The molecule has 17 heavy (non-hydrogen) atoms. The van der Waals surface area contributed by atoms with Crippen LogP contribution in [0, 0.1) is 11.6 Å². The van der Waals surface area contributed by atoms with Gasteiger partial charge in [-0.3, -0.25) is 0 Å². The zero-order chi connectivity index (χ0) is 12.4. The van der Waals surface area contributed by atoms with Crippen LogP contribution in [0.5, 0.6) is 11.5 Å². The zero-order valence-corrected chi connectivity index (χ0v) is 9.85. The summed E-state index contributed by atoms with van der Waals surface area (Å²) >= 11 is 0. The van der Waals surface area contributed by atoms with Crippen LogP contribution >= 0.6 is 0 Å². The van der Waals surface area contributed by atoms with Crippen LogP contribution in [0.15, 0.2) is 6.07 Å². The molecule has 1 unspecified atom stereocenters. The Morgan fingerprint density at radius 1 is 1.24 bits per heavy atom. The van der Waals surface area contributed by atoms with E-state index in [9.17, 15) is 8.78 Å². The van der Waals surface area contributed by atoms with Crippen LogP contribution in [0.3, 0.4) is 0 Å². The SMILES string of the molecule is COc1c(C2CCNC2)cc(F)c(F)c1OC. The van der Waals surface area contributed by atoms with Gasteiger partial charge in [-0.1, -0.05) is 0 Å². The lowest BCUT2D eigenvalue weighted by Crippen LogP contribution is -2.10. The van der Waals surface area contributed by atoms with Crippen molar-refractivity contribution in [3.05, 3.63) is 23.3 Å². The third kappa shape index (κ3) is 2.07. The monoisotopic (exact) mass is 243 g/mol. The molecular weight excluding hydrogens is 228 g/mol.